The van der Waals surface area contributed by atoms with E-state index in [2.05, 4.69) is 0 Å². The minimum atomic E-state index is -0.689. The monoisotopic (exact) mass is 210 g/mol. The molecule has 0 aliphatic heterocycles. The Morgan fingerprint density at radius 1 is 1.47 bits per heavy atom. The van der Waals surface area contributed by atoms with E-state index < -0.39 is 11.6 Å². The third kappa shape index (κ3) is 2.07. The fraction of sp³-hybridized carbons (Fsp3) is 0.400. The first-order chi connectivity index (χ1) is 6.99. The highest BCUT2D eigenvalue weighted by Gasteiger charge is 2.30. The lowest BCUT2D eigenvalue weighted by Crippen LogP contribution is -2.42. The smallest absolute Gasteiger partial charge is 0.250 e. The van der Waals surface area contributed by atoms with Crippen molar-refractivity contribution in [3.63, 3.8) is 0 Å². The molecule has 15 heavy (non-hydrogen) atoms. The molecule has 0 unspecified atom stereocenters. The number of rotatable bonds is 2. The van der Waals surface area contributed by atoms with Crippen molar-refractivity contribution in [2.75, 3.05) is 0 Å². The van der Waals surface area contributed by atoms with Gasteiger partial charge in [-0.1, -0.05) is 6.08 Å². The fourth-order valence-electron chi connectivity index (χ4n) is 1.27. The van der Waals surface area contributed by atoms with E-state index in [1.807, 2.05) is 13.8 Å². The van der Waals surface area contributed by atoms with Gasteiger partial charge in [-0.25, -0.2) is 5.84 Å². The maximum absolute atomic E-state index is 11.5. The van der Waals surface area contributed by atoms with Crippen molar-refractivity contribution in [2.45, 2.75) is 26.3 Å². The first kappa shape index (κ1) is 11.5. The standard InChI is InChI=1S/C10H14N2O3/c1-6(2)12(11)8-4-3-7(5-13)9(14)10(8)15/h4-6,13H,3,11H2,1-2H3. The predicted molar refractivity (Wildman–Crippen MR) is 54.6 cm³/mol. The average Bonchev–Trinajstić information content (AvgIpc) is 2.21. The van der Waals surface area contributed by atoms with Crippen molar-refractivity contribution in [1.82, 2.24) is 5.01 Å². The van der Waals surface area contributed by atoms with E-state index in [0.717, 1.165) is 0 Å². The highest BCUT2D eigenvalue weighted by atomic mass is 16.2. The van der Waals surface area contributed by atoms with Crippen LogP contribution in [0.2, 0.25) is 0 Å². The van der Waals surface area contributed by atoms with Gasteiger partial charge < -0.3 is 10.1 Å². The molecule has 0 spiro atoms. The summed E-state index contributed by atoms with van der Waals surface area (Å²) in [5, 5.41) is 9.96. The summed E-state index contributed by atoms with van der Waals surface area (Å²) >= 11 is 0. The van der Waals surface area contributed by atoms with Crippen LogP contribution in [0.15, 0.2) is 23.6 Å². The number of nitrogens with zero attached hydrogens (tertiary/aromatic N) is 1. The van der Waals surface area contributed by atoms with Crippen molar-refractivity contribution < 1.29 is 14.7 Å². The molecular weight excluding hydrogens is 196 g/mol. The third-order valence-electron chi connectivity index (χ3n) is 2.24. The molecule has 0 aromatic heterocycles. The lowest BCUT2D eigenvalue weighted by Gasteiger charge is -2.26. The number of aliphatic hydroxyl groups excluding tert-OH is 1. The maximum atomic E-state index is 11.5. The molecule has 0 saturated carbocycles. The first-order valence-corrected chi connectivity index (χ1v) is 4.65. The summed E-state index contributed by atoms with van der Waals surface area (Å²) in [6.45, 7) is 3.63. The van der Waals surface area contributed by atoms with Gasteiger partial charge in [0.25, 0.3) is 0 Å². The predicted octanol–water partition coefficient (Wildman–Crippen LogP) is 0.438. The Kier molecular flexibility index (Phi) is 3.26. The molecular formula is C10H14N2O3. The molecule has 0 atom stereocenters. The summed E-state index contributed by atoms with van der Waals surface area (Å²) < 4.78 is 0. The second-order valence-electron chi connectivity index (χ2n) is 3.61. The molecule has 0 heterocycles. The maximum Gasteiger partial charge on any atom is 0.250 e. The van der Waals surface area contributed by atoms with E-state index in [1.165, 1.54) is 5.01 Å². The zero-order chi connectivity index (χ0) is 11.6. The van der Waals surface area contributed by atoms with Crippen LogP contribution in [-0.4, -0.2) is 27.7 Å². The molecule has 0 amide bonds. The zero-order valence-electron chi connectivity index (χ0n) is 8.73. The number of nitrogens with two attached hydrogens (primary N) is 1. The Labute approximate surface area is 87.8 Å². The van der Waals surface area contributed by atoms with E-state index in [0.29, 0.717) is 6.26 Å². The van der Waals surface area contributed by atoms with Crippen LogP contribution < -0.4 is 5.84 Å². The number of hydrogen-bond donors (Lipinski definition) is 2. The van der Waals surface area contributed by atoms with Crippen LogP contribution in [0.25, 0.3) is 0 Å². The normalized spacial score (nSPS) is 19.7. The number of aliphatic hydroxyl groups is 1. The molecule has 0 aromatic carbocycles. The number of ketones is 2. The minimum Gasteiger partial charge on any atom is -0.515 e. The van der Waals surface area contributed by atoms with Crippen molar-refractivity contribution >= 4 is 11.6 Å². The van der Waals surface area contributed by atoms with Crippen LogP contribution in [0.4, 0.5) is 0 Å². The average molecular weight is 210 g/mol. The first-order valence-electron chi connectivity index (χ1n) is 4.65. The van der Waals surface area contributed by atoms with Crippen molar-refractivity contribution in [3.05, 3.63) is 23.6 Å². The molecule has 0 radical (unpaired) electrons. The Hall–Kier alpha value is -1.62. The van der Waals surface area contributed by atoms with Gasteiger partial charge in [-0.2, -0.15) is 0 Å². The van der Waals surface area contributed by atoms with Gasteiger partial charge in [-0.15, -0.1) is 0 Å². The van der Waals surface area contributed by atoms with Gasteiger partial charge in [0.15, 0.2) is 0 Å². The van der Waals surface area contributed by atoms with E-state index in [9.17, 15) is 9.59 Å². The Bertz CT molecular complexity index is 356. The molecule has 0 fully saturated rings. The summed E-state index contributed by atoms with van der Waals surface area (Å²) in [5.41, 5.74) is 0.293. The minimum absolute atomic E-state index is 0.0624. The summed E-state index contributed by atoms with van der Waals surface area (Å²) in [7, 11) is 0. The molecule has 5 nitrogen and oxygen atoms in total. The SMILES string of the molecule is CC(C)N(N)C1=CCC(=CO)C(=O)C1=O. The van der Waals surface area contributed by atoms with Crippen LogP contribution in [0.5, 0.6) is 0 Å². The van der Waals surface area contributed by atoms with E-state index in [-0.39, 0.29) is 23.7 Å². The number of carbonyl (C=O) groups excluding carboxylic acids is 2. The van der Waals surface area contributed by atoms with Crippen LogP contribution >= 0.6 is 0 Å². The van der Waals surface area contributed by atoms with Gasteiger partial charge >= 0.3 is 0 Å². The summed E-state index contributed by atoms with van der Waals surface area (Å²) in [5.74, 6) is 4.28. The Balaban J connectivity index is 3.00. The molecule has 1 aliphatic carbocycles. The quantitative estimate of drug-likeness (QED) is 0.227. The summed E-state index contributed by atoms with van der Waals surface area (Å²) in [6, 6.07) is -0.0624. The highest BCUT2D eigenvalue weighted by Crippen LogP contribution is 2.18. The van der Waals surface area contributed by atoms with Crippen LogP contribution in [0.1, 0.15) is 20.3 Å². The van der Waals surface area contributed by atoms with E-state index in [1.54, 1.807) is 6.08 Å². The Morgan fingerprint density at radius 2 is 2.07 bits per heavy atom. The third-order valence-corrected chi connectivity index (χ3v) is 2.24. The summed E-state index contributed by atoms with van der Waals surface area (Å²) in [6.07, 6.45) is 2.45. The molecule has 0 bridgehead atoms. The van der Waals surface area contributed by atoms with Crippen molar-refractivity contribution in [3.8, 4) is 0 Å². The Morgan fingerprint density at radius 3 is 2.53 bits per heavy atom. The van der Waals surface area contributed by atoms with Crippen molar-refractivity contribution in [1.29, 1.82) is 0 Å². The van der Waals surface area contributed by atoms with Crippen molar-refractivity contribution in [2.24, 2.45) is 5.84 Å². The molecule has 0 saturated heterocycles. The van der Waals surface area contributed by atoms with Gasteiger partial charge in [-0.3, -0.25) is 9.59 Å². The lowest BCUT2D eigenvalue weighted by molar-refractivity contribution is -0.133. The van der Waals surface area contributed by atoms with Crippen LogP contribution in [0, 0.1) is 0 Å². The van der Waals surface area contributed by atoms with Gasteiger partial charge in [0.1, 0.15) is 0 Å². The van der Waals surface area contributed by atoms with Crippen LogP contribution in [-0.2, 0) is 9.59 Å². The van der Waals surface area contributed by atoms with E-state index in [4.69, 9.17) is 10.9 Å². The van der Waals surface area contributed by atoms with Gasteiger partial charge in [0, 0.05) is 11.6 Å². The largest absolute Gasteiger partial charge is 0.515 e. The molecule has 1 aliphatic rings. The highest BCUT2D eigenvalue weighted by molar-refractivity contribution is 6.49. The summed E-state index contributed by atoms with van der Waals surface area (Å²) in [4.78, 5) is 22.9. The number of carbonyl (C=O) groups is 2. The van der Waals surface area contributed by atoms with E-state index >= 15 is 0 Å². The molecule has 1 rings (SSSR count). The van der Waals surface area contributed by atoms with Gasteiger partial charge in [0.2, 0.25) is 11.6 Å². The zero-order valence-corrected chi connectivity index (χ0v) is 8.73. The number of Topliss-reactive ketones (excluding diaryl/α,β-unsaturated/α-hetero) is 2. The molecule has 5 heteroatoms. The molecule has 82 valence electrons. The fourth-order valence-corrected chi connectivity index (χ4v) is 1.27. The van der Waals surface area contributed by atoms with Gasteiger partial charge in [-0.05, 0) is 20.3 Å². The topological polar surface area (TPSA) is 83.6 Å². The van der Waals surface area contributed by atoms with Crippen LogP contribution in [0.3, 0.4) is 0 Å². The number of hydrazine groups is 1. The number of hydrogen-bond acceptors (Lipinski definition) is 5. The lowest BCUT2D eigenvalue weighted by atomic mass is 9.96. The second kappa shape index (κ2) is 4.27. The number of allylic oxidation sites excluding steroid dienone is 3. The van der Waals surface area contributed by atoms with Gasteiger partial charge in [0.05, 0.1) is 12.0 Å². The molecule has 3 N–H and O–H groups in total. The molecule has 0 aromatic rings. The second-order valence-corrected chi connectivity index (χ2v) is 3.61.